The summed E-state index contributed by atoms with van der Waals surface area (Å²) in [5.74, 6) is 0. The van der Waals surface area contributed by atoms with Crippen molar-refractivity contribution >= 4 is 15.7 Å². The lowest BCUT2D eigenvalue weighted by molar-refractivity contribution is -0.137. The first-order valence-electron chi connectivity index (χ1n) is 8.50. The third kappa shape index (κ3) is 4.03. The summed E-state index contributed by atoms with van der Waals surface area (Å²) in [5.41, 5.74) is -0.340. The fourth-order valence-electron chi connectivity index (χ4n) is 3.04. The molecule has 4 radical (unpaired) electrons. The van der Waals surface area contributed by atoms with E-state index >= 15 is 0 Å². The van der Waals surface area contributed by atoms with E-state index in [-0.39, 0.29) is 0 Å². The monoisotopic (exact) mass is 334 g/mol. The molecule has 0 N–H and O–H groups in total. The first kappa shape index (κ1) is 21.2. The maximum atomic E-state index is 13.2. The molecule has 0 aliphatic heterocycles. The van der Waals surface area contributed by atoms with Gasteiger partial charge in [0.2, 0.25) is 0 Å². The molecule has 0 spiro atoms. The fourth-order valence-corrected chi connectivity index (χ4v) is 3.04. The van der Waals surface area contributed by atoms with Crippen LogP contribution in [-0.4, -0.2) is 15.7 Å². The van der Waals surface area contributed by atoms with Gasteiger partial charge in [0.15, 0.2) is 0 Å². The van der Waals surface area contributed by atoms with Gasteiger partial charge in [-0.2, -0.15) is 13.2 Å². The van der Waals surface area contributed by atoms with E-state index in [0.29, 0.717) is 11.1 Å². The van der Waals surface area contributed by atoms with Gasteiger partial charge in [-0.3, -0.25) is 0 Å². The highest BCUT2D eigenvalue weighted by molar-refractivity contribution is 6.40. The summed E-state index contributed by atoms with van der Waals surface area (Å²) in [6, 6.07) is 3.79. The number of hydrogen-bond acceptors (Lipinski definition) is 0. The van der Waals surface area contributed by atoms with Crippen LogP contribution in [-0.2, 0) is 16.8 Å². The highest BCUT2D eigenvalue weighted by Gasteiger charge is 2.40. The Labute approximate surface area is 147 Å². The van der Waals surface area contributed by atoms with Gasteiger partial charge >= 0.3 is 6.18 Å². The van der Waals surface area contributed by atoms with Crippen LogP contribution in [0.1, 0.15) is 77.5 Å². The second-order valence-electron chi connectivity index (χ2n) is 8.04. The molecule has 0 aromatic heterocycles. The molecule has 0 saturated heterocycles. The van der Waals surface area contributed by atoms with Crippen molar-refractivity contribution in [2.45, 2.75) is 77.6 Å². The normalized spacial score (nSPS) is 16.0. The van der Waals surface area contributed by atoms with Crippen LogP contribution in [0.25, 0.3) is 0 Å². The van der Waals surface area contributed by atoms with Crippen LogP contribution in [0.3, 0.4) is 0 Å². The third-order valence-corrected chi connectivity index (χ3v) is 5.27. The zero-order valence-electron chi connectivity index (χ0n) is 15.6. The lowest BCUT2D eigenvalue weighted by atomic mass is 9.39. The maximum Gasteiger partial charge on any atom is 0.416 e. The number of benzene rings is 1. The van der Waals surface area contributed by atoms with Gasteiger partial charge in [-0.15, -0.1) is 0 Å². The van der Waals surface area contributed by atoms with Gasteiger partial charge in [0.05, 0.1) is 21.3 Å². The first-order chi connectivity index (χ1) is 10.7. The Bertz CT molecular complexity index is 571. The predicted octanol–water partition coefficient (Wildman–Crippen LogP) is 5.71. The summed E-state index contributed by atoms with van der Waals surface area (Å²) in [4.78, 5) is 0. The molecule has 0 heterocycles. The minimum atomic E-state index is -4.39. The number of rotatable bonds is 5. The Morgan fingerprint density at radius 1 is 0.917 bits per heavy atom. The molecule has 1 aromatic carbocycles. The summed E-state index contributed by atoms with van der Waals surface area (Å²) in [6.07, 6.45) is -2.02. The van der Waals surface area contributed by atoms with Gasteiger partial charge in [-0.1, -0.05) is 64.8 Å². The summed E-state index contributed by atoms with van der Waals surface area (Å²) in [5, 5.41) is -1.23. The van der Waals surface area contributed by atoms with Crippen LogP contribution in [0.4, 0.5) is 13.2 Å². The van der Waals surface area contributed by atoms with Crippen molar-refractivity contribution < 1.29 is 13.2 Å². The maximum absolute atomic E-state index is 13.2. The average Bonchev–Trinajstić information content (AvgIpc) is 2.44. The van der Waals surface area contributed by atoms with E-state index < -0.39 is 27.8 Å². The van der Waals surface area contributed by atoms with Crippen LogP contribution in [0, 0.1) is 5.41 Å². The molecule has 0 saturated carbocycles. The molecule has 0 amide bonds. The van der Waals surface area contributed by atoms with Crippen LogP contribution in [0.5, 0.6) is 0 Å². The molecule has 5 heteroatoms. The number of alkyl halides is 3. The fraction of sp³-hybridized carbons (Fsp3) is 0.684. The summed E-state index contributed by atoms with van der Waals surface area (Å²) >= 11 is 0. The van der Waals surface area contributed by atoms with Gasteiger partial charge in [-0.25, -0.2) is 0 Å². The summed E-state index contributed by atoms with van der Waals surface area (Å²) in [6.45, 7) is 11.7. The zero-order valence-corrected chi connectivity index (χ0v) is 15.6. The lowest BCUT2D eigenvalue weighted by Gasteiger charge is -2.45. The molecule has 1 aromatic rings. The van der Waals surface area contributed by atoms with Crippen LogP contribution >= 0.6 is 0 Å². The van der Waals surface area contributed by atoms with E-state index in [4.69, 9.17) is 15.7 Å². The second kappa shape index (κ2) is 6.80. The molecule has 0 fully saturated rings. The summed E-state index contributed by atoms with van der Waals surface area (Å²) < 4.78 is 39.7. The topological polar surface area (TPSA) is 0 Å². The molecular formula is C19H27B2F3. The Morgan fingerprint density at radius 2 is 1.46 bits per heavy atom. The molecule has 1 rings (SSSR count). The van der Waals surface area contributed by atoms with E-state index in [0.717, 1.165) is 25.3 Å². The Morgan fingerprint density at radius 3 is 1.83 bits per heavy atom. The summed E-state index contributed by atoms with van der Waals surface area (Å²) in [7, 11) is 12.8. The van der Waals surface area contributed by atoms with Gasteiger partial charge < -0.3 is 0 Å². The van der Waals surface area contributed by atoms with Gasteiger partial charge in [0.25, 0.3) is 0 Å². The quantitative estimate of drug-likeness (QED) is 0.605. The lowest BCUT2D eigenvalue weighted by Crippen LogP contribution is -2.43. The molecule has 0 bridgehead atoms. The van der Waals surface area contributed by atoms with Crippen LogP contribution in [0.15, 0.2) is 18.2 Å². The van der Waals surface area contributed by atoms with Gasteiger partial charge in [0, 0.05) is 0 Å². The Kier molecular flexibility index (Phi) is 6.00. The SMILES string of the molecule is [B]C([B])(c1ccc(C(F)(F)F)cc1C(C)(CC)CCC)C(C)(C)C. The van der Waals surface area contributed by atoms with Gasteiger partial charge in [-0.05, 0) is 41.4 Å². The molecule has 0 aliphatic carbocycles. The van der Waals surface area contributed by atoms with E-state index in [1.54, 1.807) is 0 Å². The molecule has 130 valence electrons. The number of hydrogen-bond donors (Lipinski definition) is 0. The average molecular weight is 334 g/mol. The highest BCUT2D eigenvalue weighted by atomic mass is 19.4. The minimum absolute atomic E-state index is 0.402. The minimum Gasteiger partial charge on any atom is -0.166 e. The van der Waals surface area contributed by atoms with E-state index in [2.05, 4.69) is 0 Å². The van der Waals surface area contributed by atoms with E-state index in [9.17, 15) is 13.2 Å². The van der Waals surface area contributed by atoms with Gasteiger partial charge in [0.1, 0.15) is 0 Å². The molecule has 0 aliphatic rings. The second-order valence-corrected chi connectivity index (χ2v) is 8.04. The van der Waals surface area contributed by atoms with Crippen molar-refractivity contribution in [1.29, 1.82) is 0 Å². The van der Waals surface area contributed by atoms with E-state index in [1.807, 2.05) is 41.5 Å². The van der Waals surface area contributed by atoms with E-state index in [1.165, 1.54) is 12.1 Å². The third-order valence-electron chi connectivity index (χ3n) is 5.27. The van der Waals surface area contributed by atoms with Crippen molar-refractivity contribution in [3.63, 3.8) is 0 Å². The van der Waals surface area contributed by atoms with Crippen molar-refractivity contribution in [1.82, 2.24) is 0 Å². The first-order valence-corrected chi connectivity index (χ1v) is 8.50. The molecule has 24 heavy (non-hydrogen) atoms. The van der Waals surface area contributed by atoms with Crippen LogP contribution < -0.4 is 0 Å². The van der Waals surface area contributed by atoms with Crippen molar-refractivity contribution in [3.8, 4) is 0 Å². The highest BCUT2D eigenvalue weighted by Crippen LogP contribution is 2.45. The molecule has 0 nitrogen and oxygen atoms in total. The van der Waals surface area contributed by atoms with Crippen molar-refractivity contribution in [3.05, 3.63) is 34.9 Å². The zero-order chi connectivity index (χ0) is 19.0. The molecule has 1 atom stereocenters. The number of halogens is 3. The van der Waals surface area contributed by atoms with Crippen molar-refractivity contribution in [2.24, 2.45) is 5.41 Å². The predicted molar refractivity (Wildman–Crippen MR) is 96.6 cm³/mol. The molecule has 1 unspecified atom stereocenters. The van der Waals surface area contributed by atoms with Crippen molar-refractivity contribution in [2.75, 3.05) is 0 Å². The standard InChI is InChI=1S/C19H27B2F3/c1-7-11-17(6,8-2)15-12-13(19(22,23)24)9-10-14(15)18(20,21)16(3,4)5/h9-10,12H,7-8,11H2,1-6H3. The smallest absolute Gasteiger partial charge is 0.166 e. The van der Waals surface area contributed by atoms with Crippen LogP contribution in [0.2, 0.25) is 0 Å². The Balaban J connectivity index is 3.73. The molecular weight excluding hydrogens is 307 g/mol. The largest absolute Gasteiger partial charge is 0.416 e. The Hall–Kier alpha value is -0.860.